The fourth-order valence-corrected chi connectivity index (χ4v) is 2.22. The summed E-state index contributed by atoms with van der Waals surface area (Å²) in [6, 6.07) is 18.6. The minimum absolute atomic E-state index is 0.0330. The summed E-state index contributed by atoms with van der Waals surface area (Å²) in [7, 11) is 0. The summed E-state index contributed by atoms with van der Waals surface area (Å²) >= 11 is 0. The molecule has 0 bridgehead atoms. The van der Waals surface area contributed by atoms with Crippen LogP contribution in [0.15, 0.2) is 54.6 Å². The smallest absolute Gasteiger partial charge is 0.251 e. The van der Waals surface area contributed by atoms with Crippen molar-refractivity contribution in [3.05, 3.63) is 71.3 Å². The summed E-state index contributed by atoms with van der Waals surface area (Å²) in [5.74, 6) is 0.164. The van der Waals surface area contributed by atoms with Gasteiger partial charge < -0.3 is 5.32 Å². The Labute approximate surface area is 125 Å². The van der Waals surface area contributed by atoms with Gasteiger partial charge in [-0.1, -0.05) is 44.2 Å². The van der Waals surface area contributed by atoms with Crippen LogP contribution < -0.4 is 5.32 Å². The van der Waals surface area contributed by atoms with Crippen LogP contribution in [0.4, 0.5) is 0 Å². The van der Waals surface area contributed by atoms with Crippen LogP contribution in [0, 0.1) is 17.2 Å². The van der Waals surface area contributed by atoms with Crippen LogP contribution in [0.1, 0.15) is 41.4 Å². The van der Waals surface area contributed by atoms with Crippen molar-refractivity contribution in [3.63, 3.8) is 0 Å². The lowest BCUT2D eigenvalue weighted by Gasteiger charge is -2.23. The molecule has 2 aromatic rings. The van der Waals surface area contributed by atoms with Gasteiger partial charge in [0.05, 0.1) is 17.7 Å². The molecular formula is C18H18N2O. The highest BCUT2D eigenvalue weighted by Gasteiger charge is 2.18. The number of nitriles is 1. The molecule has 0 heterocycles. The van der Waals surface area contributed by atoms with Gasteiger partial charge >= 0.3 is 0 Å². The molecule has 0 saturated carbocycles. The zero-order valence-electron chi connectivity index (χ0n) is 12.2. The topological polar surface area (TPSA) is 52.9 Å². The number of nitrogens with one attached hydrogen (secondary N) is 1. The molecule has 1 atom stereocenters. The molecule has 1 N–H and O–H groups in total. The van der Waals surface area contributed by atoms with E-state index in [-0.39, 0.29) is 17.9 Å². The molecule has 3 nitrogen and oxygen atoms in total. The van der Waals surface area contributed by atoms with Gasteiger partial charge in [-0.25, -0.2) is 0 Å². The fraction of sp³-hybridized carbons (Fsp3) is 0.222. The first-order valence-corrected chi connectivity index (χ1v) is 6.98. The van der Waals surface area contributed by atoms with E-state index in [1.165, 1.54) is 0 Å². The molecule has 21 heavy (non-hydrogen) atoms. The molecular weight excluding hydrogens is 260 g/mol. The van der Waals surface area contributed by atoms with E-state index in [2.05, 4.69) is 19.2 Å². The maximum absolute atomic E-state index is 12.3. The lowest BCUT2D eigenvalue weighted by atomic mass is 9.95. The average molecular weight is 278 g/mol. The normalized spacial score (nSPS) is 11.7. The minimum atomic E-state index is -0.123. The van der Waals surface area contributed by atoms with Gasteiger partial charge in [-0.05, 0) is 35.7 Å². The molecule has 0 saturated heterocycles. The van der Waals surface area contributed by atoms with E-state index in [0.717, 1.165) is 5.56 Å². The van der Waals surface area contributed by atoms with Gasteiger partial charge in [0.1, 0.15) is 0 Å². The van der Waals surface area contributed by atoms with Crippen molar-refractivity contribution in [2.45, 2.75) is 19.9 Å². The second-order valence-corrected chi connectivity index (χ2v) is 5.29. The number of hydrogen-bond donors (Lipinski definition) is 1. The Morgan fingerprint density at radius 2 is 1.67 bits per heavy atom. The molecule has 0 spiro atoms. The Morgan fingerprint density at radius 1 is 1.05 bits per heavy atom. The molecule has 0 fully saturated rings. The molecule has 106 valence electrons. The third-order valence-corrected chi connectivity index (χ3v) is 3.39. The largest absolute Gasteiger partial charge is 0.345 e. The second kappa shape index (κ2) is 6.71. The van der Waals surface area contributed by atoms with Crippen molar-refractivity contribution >= 4 is 5.91 Å². The lowest BCUT2D eigenvalue weighted by Crippen LogP contribution is -2.31. The summed E-state index contributed by atoms with van der Waals surface area (Å²) in [6.45, 7) is 4.16. The molecule has 0 aromatic heterocycles. The van der Waals surface area contributed by atoms with Crippen LogP contribution in [0.3, 0.4) is 0 Å². The molecule has 0 aliphatic carbocycles. The number of benzene rings is 2. The van der Waals surface area contributed by atoms with E-state index < -0.39 is 0 Å². The summed E-state index contributed by atoms with van der Waals surface area (Å²) in [5, 5.41) is 11.8. The summed E-state index contributed by atoms with van der Waals surface area (Å²) in [5.41, 5.74) is 2.21. The quantitative estimate of drug-likeness (QED) is 0.927. The van der Waals surface area contributed by atoms with Crippen molar-refractivity contribution < 1.29 is 4.79 Å². The summed E-state index contributed by atoms with van der Waals surface area (Å²) in [6.07, 6.45) is 0. The third kappa shape index (κ3) is 3.70. The van der Waals surface area contributed by atoms with Crippen molar-refractivity contribution in [1.29, 1.82) is 5.26 Å². The number of rotatable bonds is 4. The number of hydrogen-bond acceptors (Lipinski definition) is 2. The Kier molecular flexibility index (Phi) is 4.73. The predicted octanol–water partition coefficient (Wildman–Crippen LogP) is 3.69. The zero-order valence-corrected chi connectivity index (χ0v) is 12.2. The maximum atomic E-state index is 12.3. The van der Waals surface area contributed by atoms with Gasteiger partial charge in [0.25, 0.3) is 5.91 Å². The van der Waals surface area contributed by atoms with Gasteiger partial charge in [0, 0.05) is 5.56 Å². The van der Waals surface area contributed by atoms with Gasteiger partial charge in [0.2, 0.25) is 0 Å². The first kappa shape index (κ1) is 14.8. The van der Waals surface area contributed by atoms with Crippen LogP contribution in [0.2, 0.25) is 0 Å². The number of amides is 1. The molecule has 0 aliphatic heterocycles. The molecule has 0 unspecified atom stereocenters. The second-order valence-electron chi connectivity index (χ2n) is 5.29. The van der Waals surface area contributed by atoms with Gasteiger partial charge in [-0.2, -0.15) is 5.26 Å². The van der Waals surface area contributed by atoms with E-state index in [4.69, 9.17) is 5.26 Å². The Balaban J connectivity index is 2.17. The van der Waals surface area contributed by atoms with Crippen LogP contribution in [0.25, 0.3) is 0 Å². The predicted molar refractivity (Wildman–Crippen MR) is 82.6 cm³/mol. The minimum Gasteiger partial charge on any atom is -0.345 e. The Hall–Kier alpha value is -2.60. The van der Waals surface area contributed by atoms with Crippen LogP contribution in [0.5, 0.6) is 0 Å². The average Bonchev–Trinajstić information content (AvgIpc) is 2.53. The van der Waals surface area contributed by atoms with Crippen LogP contribution in [-0.2, 0) is 0 Å². The summed E-state index contributed by atoms with van der Waals surface area (Å²) < 4.78 is 0. The monoisotopic (exact) mass is 278 g/mol. The van der Waals surface area contributed by atoms with E-state index in [1.54, 1.807) is 24.3 Å². The van der Waals surface area contributed by atoms with Crippen molar-refractivity contribution in [1.82, 2.24) is 5.32 Å². The Morgan fingerprint density at radius 3 is 2.19 bits per heavy atom. The molecule has 0 radical (unpaired) electrons. The van der Waals surface area contributed by atoms with Crippen LogP contribution in [-0.4, -0.2) is 5.91 Å². The first-order valence-electron chi connectivity index (χ1n) is 6.98. The molecule has 2 rings (SSSR count). The highest BCUT2D eigenvalue weighted by atomic mass is 16.1. The molecule has 2 aromatic carbocycles. The maximum Gasteiger partial charge on any atom is 0.251 e. The SMILES string of the molecule is CC(C)[C@@H](NC(=O)c1ccc(C#N)cc1)c1ccccc1. The Bertz CT molecular complexity index is 639. The standard InChI is InChI=1S/C18H18N2O/c1-13(2)17(15-6-4-3-5-7-15)20-18(21)16-10-8-14(12-19)9-11-16/h3-11,13,17H,1-2H3,(H,20,21)/t17-/m1/s1. The summed E-state index contributed by atoms with van der Waals surface area (Å²) in [4.78, 5) is 12.3. The lowest BCUT2D eigenvalue weighted by molar-refractivity contribution is 0.0925. The molecule has 1 amide bonds. The first-order chi connectivity index (χ1) is 10.1. The number of nitrogens with zero attached hydrogens (tertiary/aromatic N) is 1. The molecule has 3 heteroatoms. The highest BCUT2D eigenvalue weighted by Crippen LogP contribution is 2.21. The third-order valence-electron chi connectivity index (χ3n) is 3.39. The van der Waals surface area contributed by atoms with E-state index in [1.807, 2.05) is 36.4 Å². The van der Waals surface area contributed by atoms with Crippen molar-refractivity contribution in [3.8, 4) is 6.07 Å². The van der Waals surface area contributed by atoms with Gasteiger partial charge in [-0.3, -0.25) is 4.79 Å². The van der Waals surface area contributed by atoms with Crippen LogP contribution >= 0.6 is 0 Å². The van der Waals surface area contributed by atoms with E-state index in [0.29, 0.717) is 11.1 Å². The highest BCUT2D eigenvalue weighted by molar-refractivity contribution is 5.94. The van der Waals surface area contributed by atoms with E-state index >= 15 is 0 Å². The van der Waals surface area contributed by atoms with Crippen molar-refractivity contribution in [2.24, 2.45) is 5.92 Å². The van der Waals surface area contributed by atoms with E-state index in [9.17, 15) is 4.79 Å². The van der Waals surface area contributed by atoms with Gasteiger partial charge in [-0.15, -0.1) is 0 Å². The fourth-order valence-electron chi connectivity index (χ4n) is 2.22. The number of carbonyl (C=O) groups is 1. The molecule has 0 aliphatic rings. The number of carbonyl (C=O) groups excluding carboxylic acids is 1. The van der Waals surface area contributed by atoms with Crippen molar-refractivity contribution in [2.75, 3.05) is 0 Å². The van der Waals surface area contributed by atoms with Gasteiger partial charge in [0.15, 0.2) is 0 Å². The zero-order chi connectivity index (χ0) is 15.2.